The van der Waals surface area contributed by atoms with Crippen molar-refractivity contribution in [2.75, 3.05) is 44.9 Å². The standard InChI is InChI=1S/C17H26N4O2S/c1-13(12-22-3)18-17(24)20-19-14(2)15-4-6-16(7-5-15)21-8-10-23-11-9-21/h4-7,13H,8-12H2,1-3H3,(H2,18,20,24)/b19-14-/t13-/m0/s1. The van der Waals surface area contributed by atoms with Crippen LogP contribution >= 0.6 is 12.2 Å². The zero-order valence-corrected chi connectivity index (χ0v) is 15.4. The first-order chi connectivity index (χ1) is 11.6. The summed E-state index contributed by atoms with van der Waals surface area (Å²) in [7, 11) is 1.66. The Bertz CT molecular complexity index is 556. The zero-order valence-electron chi connectivity index (χ0n) is 14.5. The number of morpholine rings is 1. The number of anilines is 1. The summed E-state index contributed by atoms with van der Waals surface area (Å²) >= 11 is 5.22. The topological polar surface area (TPSA) is 58.1 Å². The van der Waals surface area contributed by atoms with Gasteiger partial charge in [0.15, 0.2) is 5.11 Å². The molecule has 2 rings (SSSR count). The van der Waals surface area contributed by atoms with Gasteiger partial charge in [-0.05, 0) is 43.8 Å². The van der Waals surface area contributed by atoms with Crippen LogP contribution in [0.15, 0.2) is 29.4 Å². The van der Waals surface area contributed by atoms with Crippen molar-refractivity contribution >= 4 is 28.7 Å². The van der Waals surface area contributed by atoms with Crippen LogP contribution in [0.2, 0.25) is 0 Å². The summed E-state index contributed by atoms with van der Waals surface area (Å²) in [4.78, 5) is 2.33. The van der Waals surface area contributed by atoms with E-state index in [0.717, 1.165) is 37.6 Å². The smallest absolute Gasteiger partial charge is 0.187 e. The van der Waals surface area contributed by atoms with Gasteiger partial charge in [-0.25, -0.2) is 0 Å². The minimum Gasteiger partial charge on any atom is -0.383 e. The molecule has 1 atom stereocenters. The third-order valence-electron chi connectivity index (χ3n) is 3.78. The molecule has 1 aliphatic heterocycles. The van der Waals surface area contributed by atoms with Gasteiger partial charge in [0.2, 0.25) is 0 Å². The summed E-state index contributed by atoms with van der Waals surface area (Å²) in [5.74, 6) is 0. The van der Waals surface area contributed by atoms with Crippen molar-refractivity contribution in [3.63, 3.8) is 0 Å². The van der Waals surface area contributed by atoms with Crippen LogP contribution in [0.4, 0.5) is 5.69 Å². The first-order valence-electron chi connectivity index (χ1n) is 8.13. The van der Waals surface area contributed by atoms with Crippen LogP contribution in [-0.4, -0.2) is 56.9 Å². The van der Waals surface area contributed by atoms with E-state index in [9.17, 15) is 0 Å². The van der Waals surface area contributed by atoms with Crippen LogP contribution in [0.1, 0.15) is 19.4 Å². The molecule has 1 aromatic rings. The Balaban J connectivity index is 1.89. The van der Waals surface area contributed by atoms with Crippen molar-refractivity contribution in [3.8, 4) is 0 Å². The second kappa shape index (κ2) is 9.56. The van der Waals surface area contributed by atoms with Crippen LogP contribution < -0.4 is 15.6 Å². The van der Waals surface area contributed by atoms with E-state index in [1.807, 2.05) is 13.8 Å². The maximum atomic E-state index is 5.39. The quantitative estimate of drug-likeness (QED) is 0.463. The summed E-state index contributed by atoms with van der Waals surface area (Å²) < 4.78 is 10.4. The minimum atomic E-state index is 0.137. The molecule has 1 aliphatic rings. The number of ether oxygens (including phenoxy) is 2. The van der Waals surface area contributed by atoms with Crippen LogP contribution in [0.25, 0.3) is 0 Å². The predicted octanol–water partition coefficient (Wildman–Crippen LogP) is 1.75. The lowest BCUT2D eigenvalue weighted by Gasteiger charge is -2.28. The molecule has 6 nitrogen and oxygen atoms in total. The van der Waals surface area contributed by atoms with E-state index in [-0.39, 0.29) is 6.04 Å². The van der Waals surface area contributed by atoms with Crippen molar-refractivity contribution in [2.45, 2.75) is 19.9 Å². The molecule has 7 heteroatoms. The van der Waals surface area contributed by atoms with Gasteiger partial charge >= 0.3 is 0 Å². The molecule has 0 radical (unpaired) electrons. The molecule has 132 valence electrons. The molecular weight excluding hydrogens is 324 g/mol. The Hall–Kier alpha value is -1.70. The fourth-order valence-electron chi connectivity index (χ4n) is 2.48. The average molecular weight is 350 g/mol. The number of hydrazone groups is 1. The Labute approximate surface area is 149 Å². The molecule has 0 saturated carbocycles. The van der Waals surface area contributed by atoms with Crippen LogP contribution in [-0.2, 0) is 9.47 Å². The van der Waals surface area contributed by atoms with Gasteiger partial charge in [0, 0.05) is 31.9 Å². The third-order valence-corrected chi connectivity index (χ3v) is 3.99. The molecule has 1 fully saturated rings. The van der Waals surface area contributed by atoms with Crippen molar-refractivity contribution in [3.05, 3.63) is 29.8 Å². The van der Waals surface area contributed by atoms with Gasteiger partial charge in [-0.1, -0.05) is 12.1 Å². The van der Waals surface area contributed by atoms with Crippen molar-refractivity contribution < 1.29 is 9.47 Å². The maximum absolute atomic E-state index is 5.39. The molecule has 1 aromatic carbocycles. The van der Waals surface area contributed by atoms with Gasteiger partial charge in [-0.3, -0.25) is 5.43 Å². The van der Waals surface area contributed by atoms with Crippen LogP contribution in [0.5, 0.6) is 0 Å². The predicted molar refractivity (Wildman–Crippen MR) is 102 cm³/mol. The average Bonchev–Trinajstić information content (AvgIpc) is 2.61. The molecule has 0 bridgehead atoms. The Morgan fingerprint density at radius 3 is 2.62 bits per heavy atom. The number of hydrogen-bond donors (Lipinski definition) is 2. The lowest BCUT2D eigenvalue weighted by atomic mass is 10.1. The molecular formula is C17H26N4O2S. The number of hydrogen-bond acceptors (Lipinski definition) is 5. The maximum Gasteiger partial charge on any atom is 0.187 e. The highest BCUT2D eigenvalue weighted by molar-refractivity contribution is 7.80. The zero-order chi connectivity index (χ0) is 17.4. The summed E-state index contributed by atoms with van der Waals surface area (Å²) in [6.07, 6.45) is 0. The highest BCUT2D eigenvalue weighted by atomic mass is 32.1. The summed E-state index contributed by atoms with van der Waals surface area (Å²) in [5, 5.41) is 7.94. The Morgan fingerprint density at radius 2 is 2.00 bits per heavy atom. The van der Waals surface area contributed by atoms with Crippen molar-refractivity contribution in [1.29, 1.82) is 0 Å². The Morgan fingerprint density at radius 1 is 1.33 bits per heavy atom. The van der Waals surface area contributed by atoms with Gasteiger partial charge in [-0.2, -0.15) is 5.10 Å². The molecule has 0 amide bonds. The lowest BCUT2D eigenvalue weighted by Crippen LogP contribution is -2.40. The highest BCUT2D eigenvalue weighted by Gasteiger charge is 2.11. The van der Waals surface area contributed by atoms with Gasteiger partial charge in [0.05, 0.1) is 25.5 Å². The number of nitrogens with zero attached hydrogens (tertiary/aromatic N) is 2. The van der Waals surface area contributed by atoms with Crippen LogP contribution in [0.3, 0.4) is 0 Å². The van der Waals surface area contributed by atoms with E-state index < -0.39 is 0 Å². The molecule has 24 heavy (non-hydrogen) atoms. The van der Waals surface area contributed by atoms with Gasteiger partial charge in [0.25, 0.3) is 0 Å². The number of thiocarbonyl (C=S) groups is 1. The number of rotatable bonds is 6. The summed E-state index contributed by atoms with van der Waals surface area (Å²) in [6, 6.07) is 8.54. The van der Waals surface area contributed by atoms with E-state index in [0.29, 0.717) is 11.7 Å². The summed E-state index contributed by atoms with van der Waals surface area (Å²) in [6.45, 7) is 8.00. The third kappa shape index (κ3) is 5.74. The van der Waals surface area contributed by atoms with Crippen molar-refractivity contribution in [2.24, 2.45) is 5.10 Å². The van der Waals surface area contributed by atoms with Crippen molar-refractivity contribution in [1.82, 2.24) is 10.7 Å². The Kier molecular flexibility index (Phi) is 7.42. The van der Waals surface area contributed by atoms with Gasteiger partial charge in [-0.15, -0.1) is 0 Å². The van der Waals surface area contributed by atoms with Gasteiger partial charge < -0.3 is 19.7 Å². The fraction of sp³-hybridized carbons (Fsp3) is 0.529. The normalized spacial score (nSPS) is 16.6. The molecule has 0 unspecified atom stereocenters. The minimum absolute atomic E-state index is 0.137. The SMILES string of the molecule is COC[C@H](C)NC(=S)N/N=C(/C)c1ccc(N2CCOCC2)cc1. The largest absolute Gasteiger partial charge is 0.383 e. The second-order valence-corrected chi connectivity index (χ2v) is 6.19. The molecule has 0 aromatic heterocycles. The second-order valence-electron chi connectivity index (χ2n) is 5.79. The van der Waals surface area contributed by atoms with E-state index in [4.69, 9.17) is 21.7 Å². The molecule has 0 aliphatic carbocycles. The molecule has 2 N–H and O–H groups in total. The number of nitrogens with one attached hydrogen (secondary N) is 2. The fourth-order valence-corrected chi connectivity index (χ4v) is 2.73. The highest BCUT2D eigenvalue weighted by Crippen LogP contribution is 2.17. The first-order valence-corrected chi connectivity index (χ1v) is 8.54. The monoisotopic (exact) mass is 350 g/mol. The van der Waals surface area contributed by atoms with E-state index in [1.54, 1.807) is 7.11 Å². The summed E-state index contributed by atoms with van der Waals surface area (Å²) in [5.41, 5.74) is 6.03. The van der Waals surface area contributed by atoms with E-state index in [1.165, 1.54) is 5.69 Å². The molecule has 1 saturated heterocycles. The molecule has 0 spiro atoms. The lowest BCUT2D eigenvalue weighted by molar-refractivity contribution is 0.122. The first kappa shape index (κ1) is 18.6. The molecule has 1 heterocycles. The van der Waals surface area contributed by atoms with E-state index >= 15 is 0 Å². The van der Waals surface area contributed by atoms with Crippen LogP contribution in [0, 0.1) is 0 Å². The van der Waals surface area contributed by atoms with E-state index in [2.05, 4.69) is 45.0 Å². The number of benzene rings is 1. The number of methoxy groups -OCH3 is 1. The van der Waals surface area contributed by atoms with Gasteiger partial charge in [0.1, 0.15) is 0 Å².